The van der Waals surface area contributed by atoms with Crippen LogP contribution >= 0.6 is 11.3 Å². The molecule has 0 saturated carbocycles. The number of likely N-dealkylation sites (tertiary alicyclic amines) is 2. The summed E-state index contributed by atoms with van der Waals surface area (Å²) in [6, 6.07) is 14.8. The number of carbonyl (C=O) groups excluding carboxylic acids is 1. The van der Waals surface area contributed by atoms with Crippen LogP contribution in [0.4, 0.5) is 10.1 Å². The maximum atomic E-state index is 13.4. The van der Waals surface area contributed by atoms with Crippen molar-refractivity contribution >= 4 is 22.9 Å². The van der Waals surface area contributed by atoms with Gasteiger partial charge in [-0.25, -0.2) is 4.39 Å². The third kappa shape index (κ3) is 4.75. The monoisotopic (exact) mass is 477 g/mol. The molecule has 2 saturated heterocycles. The van der Waals surface area contributed by atoms with Gasteiger partial charge in [0.05, 0.1) is 0 Å². The fourth-order valence-corrected chi connectivity index (χ4v) is 6.38. The van der Waals surface area contributed by atoms with E-state index in [2.05, 4.69) is 21.7 Å². The Bertz CT molecular complexity index is 1120. The molecule has 0 spiro atoms. The van der Waals surface area contributed by atoms with Gasteiger partial charge in [0.25, 0.3) is 5.91 Å². The summed E-state index contributed by atoms with van der Waals surface area (Å²) in [5.74, 6) is 1.17. The number of benzene rings is 2. The van der Waals surface area contributed by atoms with Crippen molar-refractivity contribution in [3.8, 4) is 0 Å². The van der Waals surface area contributed by atoms with Gasteiger partial charge in [0.15, 0.2) is 0 Å². The Balaban J connectivity index is 1.27. The summed E-state index contributed by atoms with van der Waals surface area (Å²) in [7, 11) is 0. The lowest BCUT2D eigenvalue weighted by Crippen LogP contribution is -2.38. The summed E-state index contributed by atoms with van der Waals surface area (Å²) < 4.78 is 13.3. The molecule has 5 rings (SSSR count). The first-order valence-electron chi connectivity index (χ1n) is 12.1. The number of anilines is 1. The van der Waals surface area contributed by atoms with Crippen molar-refractivity contribution in [3.05, 3.63) is 87.4 Å². The first-order valence-corrected chi connectivity index (χ1v) is 13.1. The molecular formula is C28H32FN3OS. The van der Waals surface area contributed by atoms with Crippen LogP contribution in [0, 0.1) is 18.7 Å². The third-order valence-electron chi connectivity index (χ3n) is 7.73. The molecule has 0 bridgehead atoms. The number of halogens is 1. The molecule has 2 aromatic carbocycles. The molecule has 3 aromatic rings. The van der Waals surface area contributed by atoms with Crippen LogP contribution in [-0.2, 0) is 0 Å². The minimum Gasteiger partial charge on any atom is -0.398 e. The van der Waals surface area contributed by atoms with Gasteiger partial charge in [-0.15, -0.1) is 0 Å². The van der Waals surface area contributed by atoms with E-state index in [0.717, 1.165) is 51.1 Å². The van der Waals surface area contributed by atoms with Crippen molar-refractivity contribution < 1.29 is 9.18 Å². The predicted molar refractivity (Wildman–Crippen MR) is 137 cm³/mol. The molecule has 2 N–H and O–H groups in total. The number of amides is 1. The van der Waals surface area contributed by atoms with Gasteiger partial charge in [-0.05, 0) is 102 Å². The maximum Gasteiger partial charge on any atom is 0.254 e. The molecule has 1 aromatic heterocycles. The third-order valence-corrected chi connectivity index (χ3v) is 8.43. The van der Waals surface area contributed by atoms with Crippen molar-refractivity contribution in [3.63, 3.8) is 0 Å². The number of rotatable bonds is 5. The minimum atomic E-state index is -0.172. The highest BCUT2D eigenvalue weighted by atomic mass is 32.1. The van der Waals surface area contributed by atoms with Crippen molar-refractivity contribution in [2.75, 3.05) is 38.5 Å². The van der Waals surface area contributed by atoms with Crippen LogP contribution in [0.3, 0.4) is 0 Å². The van der Waals surface area contributed by atoms with Crippen LogP contribution in [0.2, 0.25) is 0 Å². The van der Waals surface area contributed by atoms with Crippen LogP contribution in [-0.4, -0.2) is 48.4 Å². The van der Waals surface area contributed by atoms with Gasteiger partial charge in [0.2, 0.25) is 0 Å². The van der Waals surface area contributed by atoms with E-state index < -0.39 is 0 Å². The Hall–Kier alpha value is -2.70. The SMILES string of the molecule is Cc1c(N)cccc1C(=O)N1C[C@@H](CN2CCC(c3ccc(F)cc3)CC2)[C@H](c2ccsc2)C1. The molecule has 34 heavy (non-hydrogen) atoms. The number of nitrogen functional groups attached to an aromatic ring is 1. The fraction of sp³-hybridized carbons (Fsp3) is 0.393. The van der Waals surface area contributed by atoms with Crippen LogP contribution in [0.15, 0.2) is 59.3 Å². The van der Waals surface area contributed by atoms with E-state index in [1.165, 1.54) is 11.1 Å². The fourth-order valence-electron chi connectivity index (χ4n) is 5.66. The highest BCUT2D eigenvalue weighted by Gasteiger charge is 2.38. The second-order valence-corrected chi connectivity index (χ2v) is 10.6. The zero-order valence-corrected chi connectivity index (χ0v) is 20.4. The molecule has 0 aliphatic carbocycles. The molecule has 3 heterocycles. The second-order valence-electron chi connectivity index (χ2n) is 9.78. The summed E-state index contributed by atoms with van der Waals surface area (Å²) in [4.78, 5) is 18.0. The molecule has 0 radical (unpaired) electrons. The zero-order valence-electron chi connectivity index (χ0n) is 19.6. The van der Waals surface area contributed by atoms with E-state index in [-0.39, 0.29) is 11.7 Å². The van der Waals surface area contributed by atoms with Crippen LogP contribution in [0.25, 0.3) is 0 Å². The molecule has 178 valence electrons. The summed E-state index contributed by atoms with van der Waals surface area (Å²) in [6.07, 6.45) is 2.18. The zero-order chi connectivity index (χ0) is 23.7. The Morgan fingerprint density at radius 3 is 2.53 bits per heavy atom. The molecule has 2 aliphatic heterocycles. The van der Waals surface area contributed by atoms with Gasteiger partial charge in [-0.1, -0.05) is 18.2 Å². The minimum absolute atomic E-state index is 0.0857. The topological polar surface area (TPSA) is 49.6 Å². The molecule has 4 nitrogen and oxygen atoms in total. The molecule has 2 aliphatic rings. The normalized spacial score (nSPS) is 21.8. The Morgan fingerprint density at radius 2 is 1.82 bits per heavy atom. The van der Waals surface area contributed by atoms with Gasteiger partial charge in [-0.3, -0.25) is 4.79 Å². The average Bonchev–Trinajstić information content (AvgIpc) is 3.52. The van der Waals surface area contributed by atoms with Gasteiger partial charge >= 0.3 is 0 Å². The van der Waals surface area contributed by atoms with Gasteiger partial charge in [-0.2, -0.15) is 11.3 Å². The summed E-state index contributed by atoms with van der Waals surface area (Å²) >= 11 is 1.72. The first-order chi connectivity index (χ1) is 16.5. The van der Waals surface area contributed by atoms with Crippen molar-refractivity contribution in [2.24, 2.45) is 5.92 Å². The Morgan fingerprint density at radius 1 is 1.06 bits per heavy atom. The van der Waals surface area contributed by atoms with Crippen LogP contribution in [0.1, 0.15) is 51.7 Å². The largest absolute Gasteiger partial charge is 0.398 e. The molecular weight excluding hydrogens is 445 g/mol. The van der Waals surface area contributed by atoms with Crippen LogP contribution < -0.4 is 5.73 Å². The molecule has 0 unspecified atom stereocenters. The molecule has 2 atom stereocenters. The quantitative estimate of drug-likeness (QED) is 0.493. The average molecular weight is 478 g/mol. The van der Waals surface area contributed by atoms with E-state index in [1.807, 2.05) is 42.2 Å². The second kappa shape index (κ2) is 9.88. The van der Waals surface area contributed by atoms with Gasteiger partial charge < -0.3 is 15.5 Å². The number of hydrogen-bond acceptors (Lipinski definition) is 4. The first kappa shape index (κ1) is 23.1. The number of nitrogens with zero attached hydrogens (tertiary/aromatic N) is 2. The molecule has 6 heteroatoms. The lowest BCUT2D eigenvalue weighted by molar-refractivity contribution is 0.0780. The van der Waals surface area contributed by atoms with E-state index >= 15 is 0 Å². The highest BCUT2D eigenvalue weighted by molar-refractivity contribution is 7.08. The van der Waals surface area contributed by atoms with E-state index in [4.69, 9.17) is 5.73 Å². The van der Waals surface area contributed by atoms with E-state index in [0.29, 0.717) is 29.0 Å². The molecule has 2 fully saturated rings. The lowest BCUT2D eigenvalue weighted by Gasteiger charge is -2.34. The van der Waals surface area contributed by atoms with E-state index in [9.17, 15) is 9.18 Å². The lowest BCUT2D eigenvalue weighted by atomic mass is 9.87. The van der Waals surface area contributed by atoms with Crippen molar-refractivity contribution in [1.82, 2.24) is 9.80 Å². The number of hydrogen-bond donors (Lipinski definition) is 1. The smallest absolute Gasteiger partial charge is 0.254 e. The summed E-state index contributed by atoms with van der Waals surface area (Å²) in [5, 5.41) is 4.37. The van der Waals surface area contributed by atoms with Crippen molar-refractivity contribution in [1.29, 1.82) is 0 Å². The number of piperidine rings is 1. The maximum absolute atomic E-state index is 13.4. The number of nitrogens with two attached hydrogens (primary N) is 1. The van der Waals surface area contributed by atoms with E-state index in [1.54, 1.807) is 23.5 Å². The number of thiophene rings is 1. The van der Waals surface area contributed by atoms with Gasteiger partial charge in [0.1, 0.15) is 5.82 Å². The summed E-state index contributed by atoms with van der Waals surface area (Å²) in [6.45, 7) is 6.52. The predicted octanol–water partition coefficient (Wildman–Crippen LogP) is 5.51. The van der Waals surface area contributed by atoms with Crippen molar-refractivity contribution in [2.45, 2.75) is 31.6 Å². The Labute approximate surface area is 205 Å². The highest BCUT2D eigenvalue weighted by Crippen LogP contribution is 2.37. The summed E-state index contributed by atoms with van der Waals surface area (Å²) in [5.41, 5.74) is 10.9. The Kier molecular flexibility index (Phi) is 6.70. The van der Waals surface area contributed by atoms with Crippen LogP contribution in [0.5, 0.6) is 0 Å². The van der Waals surface area contributed by atoms with Gasteiger partial charge in [0, 0.05) is 36.8 Å². The standard InChI is InChI=1S/C28H32FN3OS/c1-19-25(3-2-4-27(19)30)28(33)32-16-23(26(17-32)22-11-14-34-18-22)15-31-12-9-21(10-13-31)20-5-7-24(29)8-6-20/h2-8,11,14,18,21,23,26H,9-10,12-13,15-17,30H2,1H3/t23-,26+/m1/s1. The molecule has 1 amide bonds. The number of carbonyl (C=O) groups is 1.